The van der Waals surface area contributed by atoms with E-state index >= 15 is 0 Å². The van der Waals surface area contributed by atoms with Crippen molar-refractivity contribution in [3.8, 4) is 0 Å². The molecular formula is C29H35N7O2. The number of nitrogens with one attached hydrogen (secondary N) is 1. The van der Waals surface area contributed by atoms with E-state index in [9.17, 15) is 4.79 Å². The van der Waals surface area contributed by atoms with Gasteiger partial charge >= 0.3 is 0 Å². The van der Waals surface area contributed by atoms with E-state index in [1.54, 1.807) is 0 Å². The molecule has 0 unspecified atom stereocenters. The lowest BCUT2D eigenvalue weighted by atomic mass is 9.99. The molecule has 2 saturated heterocycles. The van der Waals surface area contributed by atoms with Crippen LogP contribution < -0.4 is 5.56 Å². The lowest BCUT2D eigenvalue weighted by Gasteiger charge is -2.38. The standard InChI is InChI=1S/C29H35N7O2/c1-20-10-11-21(2)26-24(20)17-25(29(37)30-26)27(28-31-32-33-36(28)19-23-9-6-16-38-23)35-14-12-34(13-15-35)18-22-7-4-3-5-8-22/h3-5,7-8,10-11,17,23,27H,6,9,12-16,18-19H2,1-2H3,(H,30,37)/t23-,27+/m1/s1. The van der Waals surface area contributed by atoms with Crippen molar-refractivity contribution in [3.05, 3.63) is 87.0 Å². The summed E-state index contributed by atoms with van der Waals surface area (Å²) in [6, 6.07) is 16.5. The fourth-order valence-electron chi connectivity index (χ4n) is 5.83. The number of nitrogens with zero attached hydrogens (tertiary/aromatic N) is 6. The van der Waals surface area contributed by atoms with E-state index in [-0.39, 0.29) is 17.7 Å². The van der Waals surface area contributed by atoms with Gasteiger partial charge in [0.1, 0.15) is 6.04 Å². The highest BCUT2D eigenvalue weighted by Crippen LogP contribution is 2.30. The summed E-state index contributed by atoms with van der Waals surface area (Å²) >= 11 is 0. The number of aromatic nitrogens is 5. The Balaban J connectivity index is 1.35. The minimum atomic E-state index is -0.349. The summed E-state index contributed by atoms with van der Waals surface area (Å²) in [6.07, 6.45) is 2.15. The van der Waals surface area contributed by atoms with Crippen molar-refractivity contribution in [3.63, 3.8) is 0 Å². The van der Waals surface area contributed by atoms with Gasteiger partial charge in [-0.2, -0.15) is 0 Å². The zero-order valence-electron chi connectivity index (χ0n) is 22.1. The summed E-state index contributed by atoms with van der Waals surface area (Å²) in [7, 11) is 0. The molecule has 2 aromatic heterocycles. The van der Waals surface area contributed by atoms with Crippen molar-refractivity contribution in [2.45, 2.75) is 51.9 Å². The first-order valence-corrected chi connectivity index (χ1v) is 13.6. The number of fused-ring (bicyclic) bond motifs is 1. The Hall–Kier alpha value is -3.40. The van der Waals surface area contributed by atoms with Crippen LogP contribution in [0.3, 0.4) is 0 Å². The van der Waals surface area contributed by atoms with Crippen molar-refractivity contribution in [1.29, 1.82) is 0 Å². The average Bonchev–Trinajstić information content (AvgIpc) is 3.62. The van der Waals surface area contributed by atoms with Gasteiger partial charge in [-0.15, -0.1) is 5.10 Å². The number of aromatic amines is 1. The first kappa shape index (κ1) is 24.9. The number of ether oxygens (including phenoxy) is 1. The van der Waals surface area contributed by atoms with Crippen LogP contribution in [-0.4, -0.2) is 73.9 Å². The molecule has 0 amide bonds. The number of aryl methyl sites for hydroxylation is 2. The minimum absolute atomic E-state index is 0.0884. The number of hydrogen-bond donors (Lipinski definition) is 1. The number of benzene rings is 2. The highest BCUT2D eigenvalue weighted by molar-refractivity contribution is 5.85. The van der Waals surface area contributed by atoms with E-state index < -0.39 is 0 Å². The van der Waals surface area contributed by atoms with Gasteiger partial charge in [-0.05, 0) is 59.9 Å². The van der Waals surface area contributed by atoms with Gasteiger partial charge in [-0.1, -0.05) is 42.5 Å². The molecule has 1 N–H and O–H groups in total. The maximum absolute atomic E-state index is 13.6. The molecule has 0 spiro atoms. The lowest BCUT2D eigenvalue weighted by molar-refractivity contribution is 0.0840. The highest BCUT2D eigenvalue weighted by atomic mass is 16.5. The number of hydrogen-bond acceptors (Lipinski definition) is 7. The molecule has 4 heterocycles. The number of H-pyrrole nitrogens is 1. The molecule has 2 aromatic carbocycles. The number of tetrazole rings is 1. The predicted molar refractivity (Wildman–Crippen MR) is 146 cm³/mol. The van der Waals surface area contributed by atoms with E-state index in [0.29, 0.717) is 17.9 Å². The fourth-order valence-corrected chi connectivity index (χ4v) is 5.83. The third-order valence-corrected chi connectivity index (χ3v) is 7.99. The number of pyridine rings is 1. The Bertz CT molecular complexity index is 1450. The summed E-state index contributed by atoms with van der Waals surface area (Å²) in [6.45, 7) is 9.85. The molecule has 9 heteroatoms. The van der Waals surface area contributed by atoms with Crippen LogP contribution in [0.15, 0.2) is 53.3 Å². The Morgan fingerprint density at radius 2 is 1.84 bits per heavy atom. The van der Waals surface area contributed by atoms with Gasteiger partial charge in [0.2, 0.25) is 0 Å². The zero-order valence-corrected chi connectivity index (χ0v) is 22.1. The molecule has 4 aromatic rings. The molecule has 198 valence electrons. The molecule has 0 aliphatic carbocycles. The Morgan fingerprint density at radius 3 is 2.61 bits per heavy atom. The maximum atomic E-state index is 13.6. The SMILES string of the molecule is Cc1ccc(C)c2[nH]c(=O)c([C@@H](c3nnnn3C[C@H]3CCCO3)N3CCN(Cc4ccccc4)CC3)cc12. The maximum Gasteiger partial charge on any atom is 0.253 e. The van der Waals surface area contributed by atoms with Gasteiger partial charge in [-0.25, -0.2) is 4.68 Å². The summed E-state index contributed by atoms with van der Waals surface area (Å²) in [5, 5.41) is 14.0. The summed E-state index contributed by atoms with van der Waals surface area (Å²) in [5.74, 6) is 0.701. The second-order valence-electron chi connectivity index (χ2n) is 10.6. The van der Waals surface area contributed by atoms with Crippen LogP contribution in [0, 0.1) is 13.8 Å². The molecular weight excluding hydrogens is 478 g/mol. The predicted octanol–water partition coefficient (Wildman–Crippen LogP) is 3.22. The van der Waals surface area contributed by atoms with Gasteiger partial charge in [0, 0.05) is 50.3 Å². The van der Waals surface area contributed by atoms with Crippen LogP contribution in [-0.2, 0) is 17.8 Å². The topological polar surface area (TPSA) is 92.2 Å². The van der Waals surface area contributed by atoms with Crippen LogP contribution in [0.4, 0.5) is 0 Å². The fraction of sp³-hybridized carbons (Fsp3) is 0.448. The molecule has 0 radical (unpaired) electrons. The van der Waals surface area contributed by atoms with E-state index in [1.807, 2.05) is 11.6 Å². The van der Waals surface area contributed by atoms with Gasteiger partial charge < -0.3 is 9.72 Å². The van der Waals surface area contributed by atoms with Gasteiger partial charge in [0.25, 0.3) is 5.56 Å². The van der Waals surface area contributed by atoms with Crippen molar-refractivity contribution in [2.75, 3.05) is 32.8 Å². The second kappa shape index (κ2) is 10.8. The Kier molecular flexibility index (Phi) is 7.06. The second-order valence-corrected chi connectivity index (χ2v) is 10.6. The molecule has 2 atom stereocenters. The van der Waals surface area contributed by atoms with Gasteiger partial charge in [-0.3, -0.25) is 14.6 Å². The monoisotopic (exact) mass is 513 g/mol. The molecule has 0 bridgehead atoms. The molecule has 2 aliphatic heterocycles. The van der Waals surface area contributed by atoms with Crippen molar-refractivity contribution in [2.24, 2.45) is 0 Å². The van der Waals surface area contributed by atoms with Crippen LogP contribution in [0.25, 0.3) is 10.9 Å². The van der Waals surface area contributed by atoms with Crippen LogP contribution >= 0.6 is 0 Å². The summed E-state index contributed by atoms with van der Waals surface area (Å²) in [5.41, 5.74) is 5.00. The van der Waals surface area contributed by atoms with Crippen molar-refractivity contribution >= 4 is 10.9 Å². The number of rotatable bonds is 7. The van der Waals surface area contributed by atoms with Crippen LogP contribution in [0.2, 0.25) is 0 Å². The smallest absolute Gasteiger partial charge is 0.253 e. The van der Waals surface area contributed by atoms with Crippen molar-refractivity contribution < 1.29 is 4.74 Å². The first-order valence-electron chi connectivity index (χ1n) is 13.6. The Labute approximate surface area is 222 Å². The Morgan fingerprint density at radius 1 is 1.05 bits per heavy atom. The molecule has 0 saturated carbocycles. The van der Waals surface area contributed by atoms with Gasteiger partial charge in [0.05, 0.1) is 18.2 Å². The molecule has 6 rings (SSSR count). The van der Waals surface area contributed by atoms with Gasteiger partial charge in [0.15, 0.2) is 5.82 Å². The van der Waals surface area contributed by atoms with E-state index in [1.165, 1.54) is 5.56 Å². The third-order valence-electron chi connectivity index (χ3n) is 7.99. The average molecular weight is 514 g/mol. The quantitative estimate of drug-likeness (QED) is 0.406. The molecule has 38 heavy (non-hydrogen) atoms. The number of piperazine rings is 1. The third kappa shape index (κ3) is 5.01. The minimum Gasteiger partial charge on any atom is -0.376 e. The lowest BCUT2D eigenvalue weighted by Crippen LogP contribution is -2.48. The van der Waals surface area contributed by atoms with Crippen LogP contribution in [0.5, 0.6) is 0 Å². The normalized spacial score (nSPS) is 19.8. The molecule has 2 fully saturated rings. The first-order chi connectivity index (χ1) is 18.6. The van der Waals surface area contributed by atoms with E-state index in [0.717, 1.165) is 74.2 Å². The molecule has 9 nitrogen and oxygen atoms in total. The van der Waals surface area contributed by atoms with E-state index in [4.69, 9.17) is 4.74 Å². The molecule has 2 aliphatic rings. The van der Waals surface area contributed by atoms with E-state index in [2.05, 4.69) is 85.8 Å². The summed E-state index contributed by atoms with van der Waals surface area (Å²) < 4.78 is 7.74. The van der Waals surface area contributed by atoms with Crippen molar-refractivity contribution in [1.82, 2.24) is 35.0 Å². The largest absolute Gasteiger partial charge is 0.376 e. The highest BCUT2D eigenvalue weighted by Gasteiger charge is 2.33. The summed E-state index contributed by atoms with van der Waals surface area (Å²) in [4.78, 5) is 21.7. The zero-order chi connectivity index (χ0) is 26.1. The van der Waals surface area contributed by atoms with Crippen LogP contribution in [0.1, 0.15) is 47.0 Å².